The van der Waals surface area contributed by atoms with Crippen molar-refractivity contribution in [3.05, 3.63) is 57.0 Å². The Kier molecular flexibility index (Phi) is 6.23. The average molecular weight is 414 g/mol. The number of benzene rings is 2. The van der Waals surface area contributed by atoms with E-state index in [9.17, 15) is 9.59 Å². The van der Waals surface area contributed by atoms with Crippen molar-refractivity contribution < 1.29 is 23.8 Å². The summed E-state index contributed by atoms with van der Waals surface area (Å²) in [5.74, 6) is -0.173. The van der Waals surface area contributed by atoms with Gasteiger partial charge in [0, 0.05) is 10.5 Å². The molecule has 2 rings (SSSR count). The van der Waals surface area contributed by atoms with E-state index < -0.39 is 18.4 Å². The summed E-state index contributed by atoms with van der Waals surface area (Å²) < 4.78 is 16.0. The molecule has 0 heterocycles. The zero-order chi connectivity index (χ0) is 17.7. The zero-order valence-corrected chi connectivity index (χ0v) is 15.3. The molecule has 2 aromatic carbocycles. The number of carbonyl (C=O) groups excluding carboxylic acids is 2. The third kappa shape index (κ3) is 4.27. The van der Waals surface area contributed by atoms with Gasteiger partial charge in [0.2, 0.25) is 5.78 Å². The van der Waals surface area contributed by atoms with Crippen LogP contribution in [0.1, 0.15) is 20.7 Å². The number of Topliss-reactive ketones (excluding diaryl/α,β-unsaturated/α-hetero) is 1. The first kappa shape index (κ1) is 18.3. The Hall–Kier alpha value is -2.05. The molecule has 7 heteroatoms. The molecule has 24 heavy (non-hydrogen) atoms. The van der Waals surface area contributed by atoms with Gasteiger partial charge in [0.05, 0.1) is 30.4 Å². The number of ketones is 1. The van der Waals surface area contributed by atoms with Crippen LogP contribution in [0.5, 0.6) is 11.5 Å². The van der Waals surface area contributed by atoms with Gasteiger partial charge in [0.25, 0.3) is 0 Å². The van der Waals surface area contributed by atoms with Crippen molar-refractivity contribution >= 4 is 39.3 Å². The Bertz CT molecular complexity index is 776. The topological polar surface area (TPSA) is 61.8 Å². The van der Waals surface area contributed by atoms with Crippen molar-refractivity contribution in [2.24, 2.45) is 0 Å². The summed E-state index contributed by atoms with van der Waals surface area (Å²) in [5, 5.41) is 0.248. The largest absolute Gasteiger partial charge is 0.497 e. The van der Waals surface area contributed by atoms with Crippen LogP contribution in [0.4, 0.5) is 0 Å². The van der Waals surface area contributed by atoms with Gasteiger partial charge in [-0.2, -0.15) is 0 Å². The number of halogens is 2. The lowest BCUT2D eigenvalue weighted by Gasteiger charge is -2.10. The first-order valence-corrected chi connectivity index (χ1v) is 8.00. The molecule has 0 spiro atoms. The minimum Gasteiger partial charge on any atom is -0.497 e. The SMILES string of the molecule is COc1ccc(C(=O)COC(=O)c2cc(Br)ccc2Cl)c(OC)c1. The number of hydrogen-bond donors (Lipinski definition) is 0. The van der Waals surface area contributed by atoms with E-state index in [0.29, 0.717) is 21.5 Å². The molecule has 0 aromatic heterocycles. The highest BCUT2D eigenvalue weighted by molar-refractivity contribution is 9.10. The number of rotatable bonds is 6. The third-order valence-electron chi connectivity index (χ3n) is 3.19. The second-order valence-corrected chi connectivity index (χ2v) is 6.01. The van der Waals surface area contributed by atoms with E-state index in [0.717, 1.165) is 0 Å². The van der Waals surface area contributed by atoms with Gasteiger partial charge in [0.1, 0.15) is 11.5 Å². The van der Waals surface area contributed by atoms with Crippen molar-refractivity contribution in [3.8, 4) is 11.5 Å². The molecule has 0 N–H and O–H groups in total. The molecule has 0 saturated carbocycles. The number of methoxy groups -OCH3 is 2. The van der Waals surface area contributed by atoms with Crippen LogP contribution < -0.4 is 9.47 Å². The molecular weight excluding hydrogens is 400 g/mol. The summed E-state index contributed by atoms with van der Waals surface area (Å²) in [5.41, 5.74) is 0.479. The van der Waals surface area contributed by atoms with E-state index in [1.54, 1.807) is 30.3 Å². The van der Waals surface area contributed by atoms with Crippen molar-refractivity contribution in [1.82, 2.24) is 0 Å². The number of hydrogen-bond acceptors (Lipinski definition) is 5. The summed E-state index contributed by atoms with van der Waals surface area (Å²) >= 11 is 9.22. The van der Waals surface area contributed by atoms with E-state index in [4.69, 9.17) is 25.8 Å². The normalized spacial score (nSPS) is 10.2. The molecule has 0 aliphatic heterocycles. The maximum absolute atomic E-state index is 12.3. The number of ether oxygens (including phenoxy) is 3. The lowest BCUT2D eigenvalue weighted by molar-refractivity contribution is 0.0474. The van der Waals surface area contributed by atoms with Gasteiger partial charge in [-0.3, -0.25) is 4.79 Å². The molecule has 0 atom stereocenters. The van der Waals surface area contributed by atoms with E-state index in [2.05, 4.69) is 15.9 Å². The first-order chi connectivity index (χ1) is 11.5. The van der Waals surface area contributed by atoms with Crippen LogP contribution >= 0.6 is 27.5 Å². The van der Waals surface area contributed by atoms with Crippen LogP contribution in [0.3, 0.4) is 0 Å². The molecule has 0 fully saturated rings. The lowest BCUT2D eigenvalue weighted by atomic mass is 10.1. The maximum Gasteiger partial charge on any atom is 0.340 e. The van der Waals surface area contributed by atoms with Crippen LogP contribution in [0, 0.1) is 0 Å². The Morgan fingerprint density at radius 2 is 1.79 bits per heavy atom. The predicted molar refractivity (Wildman–Crippen MR) is 93.3 cm³/mol. The van der Waals surface area contributed by atoms with Gasteiger partial charge in [-0.05, 0) is 30.3 Å². The Balaban J connectivity index is 2.10. The Labute approximate surface area is 152 Å². The third-order valence-corrected chi connectivity index (χ3v) is 4.01. The second kappa shape index (κ2) is 8.17. The smallest absolute Gasteiger partial charge is 0.340 e. The fourth-order valence-electron chi connectivity index (χ4n) is 1.97. The number of esters is 1. The average Bonchev–Trinajstić information content (AvgIpc) is 2.60. The van der Waals surface area contributed by atoms with Crippen LogP contribution in [0.25, 0.3) is 0 Å². The fourth-order valence-corrected chi connectivity index (χ4v) is 2.53. The highest BCUT2D eigenvalue weighted by Crippen LogP contribution is 2.25. The minimum atomic E-state index is -0.679. The lowest BCUT2D eigenvalue weighted by Crippen LogP contribution is -2.15. The van der Waals surface area contributed by atoms with Crippen LogP contribution in [0.15, 0.2) is 40.9 Å². The molecule has 0 radical (unpaired) electrons. The Morgan fingerprint density at radius 1 is 1.04 bits per heavy atom. The monoisotopic (exact) mass is 412 g/mol. The first-order valence-electron chi connectivity index (χ1n) is 6.83. The quantitative estimate of drug-likeness (QED) is 0.526. The summed E-state index contributed by atoms with van der Waals surface area (Å²) in [4.78, 5) is 24.3. The van der Waals surface area contributed by atoms with Gasteiger partial charge in [-0.15, -0.1) is 0 Å². The maximum atomic E-state index is 12.3. The number of carbonyl (C=O) groups is 2. The molecule has 0 unspecified atom stereocenters. The van der Waals surface area contributed by atoms with Gasteiger partial charge in [-0.25, -0.2) is 4.79 Å². The van der Waals surface area contributed by atoms with E-state index in [1.807, 2.05) is 0 Å². The predicted octanol–water partition coefficient (Wildman–Crippen LogP) is 4.16. The Morgan fingerprint density at radius 3 is 2.46 bits per heavy atom. The van der Waals surface area contributed by atoms with Crippen molar-refractivity contribution in [1.29, 1.82) is 0 Å². The molecule has 126 valence electrons. The minimum absolute atomic E-state index is 0.181. The van der Waals surface area contributed by atoms with Crippen molar-refractivity contribution in [3.63, 3.8) is 0 Å². The molecular formula is C17H14BrClO5. The van der Waals surface area contributed by atoms with Crippen molar-refractivity contribution in [2.75, 3.05) is 20.8 Å². The van der Waals surface area contributed by atoms with Crippen LogP contribution in [0.2, 0.25) is 5.02 Å². The highest BCUT2D eigenvalue weighted by atomic mass is 79.9. The molecule has 0 amide bonds. The van der Waals surface area contributed by atoms with Gasteiger partial charge >= 0.3 is 5.97 Å². The van der Waals surface area contributed by atoms with Gasteiger partial charge < -0.3 is 14.2 Å². The van der Waals surface area contributed by atoms with Crippen LogP contribution in [-0.2, 0) is 4.74 Å². The van der Waals surface area contributed by atoms with E-state index in [-0.39, 0.29) is 10.6 Å². The summed E-state index contributed by atoms with van der Waals surface area (Å²) in [6, 6.07) is 9.56. The standard InChI is InChI=1S/C17H14BrClO5/c1-22-11-4-5-12(16(8-11)23-2)15(20)9-24-17(21)13-7-10(18)3-6-14(13)19/h3-8H,9H2,1-2H3. The molecule has 0 aliphatic rings. The van der Waals surface area contributed by atoms with E-state index >= 15 is 0 Å². The summed E-state index contributed by atoms with van der Waals surface area (Å²) in [6.45, 7) is -0.426. The second-order valence-electron chi connectivity index (χ2n) is 4.69. The summed E-state index contributed by atoms with van der Waals surface area (Å²) in [6.07, 6.45) is 0. The zero-order valence-electron chi connectivity index (χ0n) is 13.0. The van der Waals surface area contributed by atoms with Crippen LogP contribution in [-0.4, -0.2) is 32.6 Å². The molecule has 0 aliphatic carbocycles. The van der Waals surface area contributed by atoms with Gasteiger partial charge in [-0.1, -0.05) is 27.5 Å². The highest BCUT2D eigenvalue weighted by Gasteiger charge is 2.18. The fraction of sp³-hybridized carbons (Fsp3) is 0.176. The molecule has 0 bridgehead atoms. The molecule has 2 aromatic rings. The van der Waals surface area contributed by atoms with Crippen molar-refractivity contribution in [2.45, 2.75) is 0 Å². The van der Waals surface area contributed by atoms with Gasteiger partial charge in [0.15, 0.2) is 6.61 Å². The molecule has 0 saturated heterocycles. The molecule has 5 nitrogen and oxygen atoms in total. The summed E-state index contributed by atoms with van der Waals surface area (Å²) in [7, 11) is 2.96. The van der Waals surface area contributed by atoms with E-state index in [1.165, 1.54) is 20.3 Å².